The van der Waals surface area contributed by atoms with Gasteiger partial charge in [-0.05, 0) is 25.0 Å². The number of hydrogen-bond donors (Lipinski definition) is 2. The fourth-order valence-corrected chi connectivity index (χ4v) is 2.45. The number of rotatable bonds is 4. The van der Waals surface area contributed by atoms with Crippen LogP contribution in [-0.2, 0) is 9.59 Å². The number of hydrogen-bond acceptors (Lipinski definition) is 2. The quantitative estimate of drug-likeness (QED) is 0.780. The normalized spacial score (nSPS) is 24.5. The monoisotopic (exact) mass is 322 g/mol. The highest BCUT2D eigenvalue weighted by atomic mass is 79.9. The van der Waals surface area contributed by atoms with E-state index in [9.17, 15) is 14.7 Å². The van der Waals surface area contributed by atoms with Crippen molar-refractivity contribution in [3.8, 4) is 0 Å². The second kappa shape index (κ2) is 5.23. The Hall–Kier alpha value is -0.810. The molecule has 0 saturated carbocycles. The highest BCUT2D eigenvalue weighted by Crippen LogP contribution is 2.43. The standard InChI is InChI=1S/C11H12BrClO4/c1-11(10(16)17)5-7(9(14)15)4-6(2-3-12)8(11)13/h4H,2-3,5H2,1H3,(H,14,15)(H,16,17). The maximum absolute atomic E-state index is 11.3. The molecule has 0 bridgehead atoms. The summed E-state index contributed by atoms with van der Waals surface area (Å²) in [6, 6.07) is 0. The third-order valence-electron chi connectivity index (χ3n) is 2.77. The smallest absolute Gasteiger partial charge is 0.331 e. The van der Waals surface area contributed by atoms with E-state index in [1.807, 2.05) is 0 Å². The third-order valence-corrected chi connectivity index (χ3v) is 3.83. The Kier molecular flexibility index (Phi) is 4.38. The Morgan fingerprint density at radius 3 is 2.53 bits per heavy atom. The molecule has 0 amide bonds. The first-order valence-corrected chi connectivity index (χ1v) is 6.45. The molecule has 4 nitrogen and oxygen atoms in total. The molecule has 2 N–H and O–H groups in total. The van der Waals surface area contributed by atoms with Crippen LogP contribution in [0.2, 0.25) is 0 Å². The maximum atomic E-state index is 11.3. The largest absolute Gasteiger partial charge is 0.481 e. The first-order valence-electron chi connectivity index (χ1n) is 4.95. The summed E-state index contributed by atoms with van der Waals surface area (Å²) in [4.78, 5) is 22.2. The fraction of sp³-hybridized carbons (Fsp3) is 0.455. The predicted molar refractivity (Wildman–Crippen MR) is 67.4 cm³/mol. The van der Waals surface area contributed by atoms with E-state index in [1.165, 1.54) is 13.0 Å². The second-order valence-electron chi connectivity index (χ2n) is 4.07. The maximum Gasteiger partial charge on any atom is 0.331 e. The lowest BCUT2D eigenvalue weighted by molar-refractivity contribution is -0.145. The van der Waals surface area contributed by atoms with Crippen LogP contribution in [0, 0.1) is 5.41 Å². The average molecular weight is 324 g/mol. The van der Waals surface area contributed by atoms with Crippen molar-refractivity contribution in [2.45, 2.75) is 19.8 Å². The summed E-state index contributed by atoms with van der Waals surface area (Å²) in [5, 5.41) is 19.0. The zero-order chi connectivity index (χ0) is 13.2. The van der Waals surface area contributed by atoms with Crippen molar-refractivity contribution in [2.24, 2.45) is 5.41 Å². The van der Waals surface area contributed by atoms with Crippen LogP contribution in [0.5, 0.6) is 0 Å². The van der Waals surface area contributed by atoms with Crippen LogP contribution in [0.3, 0.4) is 0 Å². The molecule has 0 fully saturated rings. The minimum atomic E-state index is -1.35. The van der Waals surface area contributed by atoms with Gasteiger partial charge >= 0.3 is 11.9 Å². The lowest BCUT2D eigenvalue weighted by Gasteiger charge is -2.30. The first-order chi connectivity index (χ1) is 7.82. The van der Waals surface area contributed by atoms with Crippen molar-refractivity contribution in [3.05, 3.63) is 22.3 Å². The Morgan fingerprint density at radius 2 is 2.12 bits per heavy atom. The number of carboxylic acids is 2. The lowest BCUT2D eigenvalue weighted by atomic mass is 9.77. The van der Waals surface area contributed by atoms with E-state index < -0.39 is 17.4 Å². The van der Waals surface area contributed by atoms with Gasteiger partial charge in [0.05, 0.1) is 0 Å². The molecule has 0 radical (unpaired) electrons. The highest BCUT2D eigenvalue weighted by molar-refractivity contribution is 9.09. The summed E-state index contributed by atoms with van der Waals surface area (Å²) >= 11 is 9.30. The number of carboxylic acid groups (broad SMARTS) is 2. The van der Waals surface area contributed by atoms with Crippen LogP contribution >= 0.6 is 27.5 Å². The van der Waals surface area contributed by atoms with Crippen LogP contribution in [-0.4, -0.2) is 27.5 Å². The van der Waals surface area contributed by atoms with Crippen LogP contribution in [0.4, 0.5) is 0 Å². The molecule has 1 aliphatic rings. The summed E-state index contributed by atoms with van der Waals surface area (Å²) < 4.78 is 0. The van der Waals surface area contributed by atoms with Crippen LogP contribution in [0.15, 0.2) is 22.3 Å². The predicted octanol–water partition coefficient (Wildman–Crippen LogP) is 2.77. The molecule has 1 unspecified atom stereocenters. The zero-order valence-corrected chi connectivity index (χ0v) is 11.5. The van der Waals surface area contributed by atoms with Crippen LogP contribution in [0.25, 0.3) is 0 Å². The SMILES string of the molecule is CC1(C(=O)O)CC(C(=O)O)=CC(CCBr)=C1Cl. The minimum absolute atomic E-state index is 0.0789. The van der Waals surface area contributed by atoms with E-state index >= 15 is 0 Å². The van der Waals surface area contributed by atoms with Gasteiger partial charge in [0.15, 0.2) is 0 Å². The van der Waals surface area contributed by atoms with E-state index in [0.717, 1.165) is 0 Å². The van der Waals surface area contributed by atoms with Gasteiger partial charge in [0.2, 0.25) is 0 Å². The molecular weight excluding hydrogens is 311 g/mol. The van der Waals surface area contributed by atoms with Crippen LogP contribution in [0.1, 0.15) is 19.8 Å². The summed E-state index contributed by atoms with van der Waals surface area (Å²) in [7, 11) is 0. The summed E-state index contributed by atoms with van der Waals surface area (Å²) in [5.74, 6) is -2.21. The third kappa shape index (κ3) is 2.72. The molecule has 0 aromatic rings. The molecule has 0 spiro atoms. The Labute approximate surface area is 112 Å². The number of carbonyl (C=O) groups is 2. The minimum Gasteiger partial charge on any atom is -0.481 e. The summed E-state index contributed by atoms with van der Waals surface area (Å²) in [6.45, 7) is 1.45. The summed E-state index contributed by atoms with van der Waals surface area (Å²) in [5.41, 5.74) is -0.700. The molecule has 1 atom stereocenters. The van der Waals surface area contributed by atoms with Crippen LogP contribution < -0.4 is 0 Å². The van der Waals surface area contributed by atoms with E-state index in [1.54, 1.807) is 0 Å². The van der Waals surface area contributed by atoms with Crippen molar-refractivity contribution in [3.63, 3.8) is 0 Å². The van der Waals surface area contributed by atoms with E-state index in [-0.39, 0.29) is 17.0 Å². The number of allylic oxidation sites excluding steroid dienone is 2. The second-order valence-corrected chi connectivity index (χ2v) is 5.24. The molecule has 1 rings (SSSR count). The zero-order valence-electron chi connectivity index (χ0n) is 9.17. The summed E-state index contributed by atoms with van der Waals surface area (Å²) in [6.07, 6.45) is 1.87. The first kappa shape index (κ1) is 14.3. The van der Waals surface area contributed by atoms with Gasteiger partial charge in [0.1, 0.15) is 5.41 Å². The molecule has 0 saturated heterocycles. The van der Waals surface area contributed by atoms with Crippen molar-refractivity contribution in [2.75, 3.05) is 5.33 Å². The lowest BCUT2D eigenvalue weighted by Crippen LogP contribution is -2.32. The number of aliphatic carboxylic acids is 2. The van der Waals surface area contributed by atoms with Gasteiger partial charge in [-0.3, -0.25) is 4.79 Å². The Balaban J connectivity index is 3.28. The van der Waals surface area contributed by atoms with Crippen molar-refractivity contribution < 1.29 is 19.8 Å². The molecule has 0 aliphatic heterocycles. The molecule has 94 valence electrons. The van der Waals surface area contributed by atoms with Gasteiger partial charge in [-0.25, -0.2) is 4.79 Å². The van der Waals surface area contributed by atoms with E-state index in [2.05, 4.69) is 15.9 Å². The van der Waals surface area contributed by atoms with Gasteiger partial charge in [-0.15, -0.1) is 0 Å². The number of halogens is 2. The Morgan fingerprint density at radius 1 is 1.53 bits per heavy atom. The Bertz CT molecular complexity index is 427. The van der Waals surface area contributed by atoms with Crippen molar-refractivity contribution >= 4 is 39.5 Å². The van der Waals surface area contributed by atoms with Gasteiger partial charge in [0, 0.05) is 22.4 Å². The van der Waals surface area contributed by atoms with Crippen molar-refractivity contribution in [1.82, 2.24) is 0 Å². The molecule has 6 heteroatoms. The molecule has 1 aliphatic carbocycles. The highest BCUT2D eigenvalue weighted by Gasteiger charge is 2.42. The van der Waals surface area contributed by atoms with Gasteiger partial charge < -0.3 is 10.2 Å². The topological polar surface area (TPSA) is 74.6 Å². The fourth-order valence-electron chi connectivity index (χ4n) is 1.73. The van der Waals surface area contributed by atoms with E-state index in [4.69, 9.17) is 16.7 Å². The molecule has 0 aromatic carbocycles. The van der Waals surface area contributed by atoms with Crippen molar-refractivity contribution in [1.29, 1.82) is 0 Å². The van der Waals surface area contributed by atoms with Gasteiger partial charge in [-0.1, -0.05) is 27.5 Å². The molecule has 0 aromatic heterocycles. The number of alkyl halides is 1. The molecular formula is C11H12BrClO4. The molecule has 0 heterocycles. The van der Waals surface area contributed by atoms with Gasteiger partial charge in [-0.2, -0.15) is 0 Å². The van der Waals surface area contributed by atoms with Gasteiger partial charge in [0.25, 0.3) is 0 Å². The average Bonchev–Trinajstić information content (AvgIpc) is 2.24. The van der Waals surface area contributed by atoms with E-state index in [0.29, 0.717) is 17.3 Å². The molecule has 17 heavy (non-hydrogen) atoms.